The highest BCUT2D eigenvalue weighted by Crippen LogP contribution is 2.30. The Kier molecular flexibility index (Phi) is 5.25. The molecule has 0 bridgehead atoms. The quantitative estimate of drug-likeness (QED) is 0.426. The van der Waals surface area contributed by atoms with Crippen molar-refractivity contribution in [1.82, 2.24) is 24.5 Å². The van der Waals surface area contributed by atoms with Gasteiger partial charge < -0.3 is 25.1 Å². The summed E-state index contributed by atoms with van der Waals surface area (Å²) in [4.78, 5) is 26.6. The third-order valence-corrected chi connectivity index (χ3v) is 3.82. The van der Waals surface area contributed by atoms with Crippen LogP contribution in [0.4, 0.5) is 11.6 Å². The zero-order valence-corrected chi connectivity index (χ0v) is 15.6. The molecule has 0 aliphatic heterocycles. The van der Waals surface area contributed by atoms with Crippen molar-refractivity contribution in [2.75, 3.05) is 5.32 Å². The van der Waals surface area contributed by atoms with Crippen molar-refractivity contribution < 1.29 is 15.0 Å². The van der Waals surface area contributed by atoms with Crippen LogP contribution in [0.5, 0.6) is 5.75 Å². The lowest BCUT2D eigenvalue weighted by Gasteiger charge is -2.07. The molecule has 4 rings (SSSR count). The van der Waals surface area contributed by atoms with Gasteiger partial charge in [-0.05, 0) is 18.2 Å². The zero-order chi connectivity index (χ0) is 20.3. The highest BCUT2D eigenvalue weighted by atomic mass is 16.4. The molecule has 3 heterocycles. The Labute approximate surface area is 160 Å². The van der Waals surface area contributed by atoms with Gasteiger partial charge in [-0.15, -0.1) is 0 Å². The number of aromatic hydroxyl groups is 1. The van der Waals surface area contributed by atoms with Gasteiger partial charge in [0.15, 0.2) is 0 Å². The van der Waals surface area contributed by atoms with Gasteiger partial charge in [0.2, 0.25) is 5.95 Å². The molecule has 1 aromatic carbocycles. The monoisotopic (exact) mass is 380 g/mol. The van der Waals surface area contributed by atoms with E-state index in [1.54, 1.807) is 24.7 Å². The summed E-state index contributed by atoms with van der Waals surface area (Å²) in [5.41, 5.74) is 2.26. The van der Waals surface area contributed by atoms with Gasteiger partial charge in [0.1, 0.15) is 17.1 Å². The van der Waals surface area contributed by atoms with Crippen LogP contribution in [-0.4, -0.2) is 40.7 Å². The SMILES string of the molecule is CC.Cn1cnc(-c2ccnc(Nc3cc(O)c4[nH]c(C(=O)O)cc4c3)n2)c1. The van der Waals surface area contributed by atoms with E-state index < -0.39 is 5.97 Å². The number of carboxylic acids is 1. The van der Waals surface area contributed by atoms with Gasteiger partial charge >= 0.3 is 5.97 Å². The maximum Gasteiger partial charge on any atom is 0.352 e. The fraction of sp³-hybridized carbons (Fsp3) is 0.158. The van der Waals surface area contributed by atoms with Gasteiger partial charge in [-0.1, -0.05) is 13.8 Å². The Morgan fingerprint density at radius 3 is 2.64 bits per heavy atom. The van der Waals surface area contributed by atoms with Gasteiger partial charge in [0, 0.05) is 36.6 Å². The van der Waals surface area contributed by atoms with E-state index >= 15 is 0 Å². The number of fused-ring (bicyclic) bond motifs is 1. The summed E-state index contributed by atoms with van der Waals surface area (Å²) >= 11 is 0. The van der Waals surface area contributed by atoms with Crippen molar-refractivity contribution in [1.29, 1.82) is 0 Å². The third kappa shape index (κ3) is 3.78. The molecule has 0 spiro atoms. The minimum absolute atomic E-state index is 0.000786. The molecule has 3 aromatic heterocycles. The van der Waals surface area contributed by atoms with E-state index in [0.29, 0.717) is 33.9 Å². The number of aromatic amines is 1. The Bertz CT molecular complexity index is 1130. The van der Waals surface area contributed by atoms with Crippen LogP contribution in [0, 0.1) is 0 Å². The number of phenols is 1. The lowest BCUT2D eigenvalue weighted by atomic mass is 10.2. The summed E-state index contributed by atoms with van der Waals surface area (Å²) in [6.07, 6.45) is 5.14. The summed E-state index contributed by atoms with van der Waals surface area (Å²) in [5, 5.41) is 22.8. The van der Waals surface area contributed by atoms with E-state index in [0.717, 1.165) is 0 Å². The fourth-order valence-corrected chi connectivity index (χ4v) is 2.65. The van der Waals surface area contributed by atoms with E-state index in [4.69, 9.17) is 5.11 Å². The van der Waals surface area contributed by atoms with E-state index in [9.17, 15) is 9.90 Å². The number of nitrogens with zero attached hydrogens (tertiary/aromatic N) is 4. The average molecular weight is 380 g/mol. The summed E-state index contributed by atoms with van der Waals surface area (Å²) < 4.78 is 1.82. The first kappa shape index (κ1) is 18.9. The highest BCUT2D eigenvalue weighted by Gasteiger charge is 2.12. The molecule has 4 N–H and O–H groups in total. The van der Waals surface area contributed by atoms with E-state index in [1.165, 1.54) is 12.1 Å². The number of carboxylic acid groups (broad SMARTS) is 1. The number of nitrogens with one attached hydrogen (secondary N) is 2. The molecule has 4 aromatic rings. The van der Waals surface area contributed by atoms with E-state index in [2.05, 4.69) is 25.3 Å². The Morgan fingerprint density at radius 1 is 1.18 bits per heavy atom. The molecule has 0 saturated heterocycles. The Morgan fingerprint density at radius 2 is 1.96 bits per heavy atom. The van der Waals surface area contributed by atoms with Crippen molar-refractivity contribution in [2.45, 2.75) is 13.8 Å². The summed E-state index contributed by atoms with van der Waals surface area (Å²) in [6, 6.07) is 6.38. The Hall–Kier alpha value is -3.88. The van der Waals surface area contributed by atoms with Gasteiger partial charge in [-0.2, -0.15) is 0 Å². The minimum atomic E-state index is -1.10. The second-order valence-electron chi connectivity index (χ2n) is 5.76. The number of hydrogen-bond acceptors (Lipinski definition) is 6. The van der Waals surface area contributed by atoms with Gasteiger partial charge in [-0.25, -0.2) is 19.7 Å². The molecule has 0 saturated carbocycles. The van der Waals surface area contributed by atoms with Gasteiger partial charge in [-0.3, -0.25) is 0 Å². The molecule has 144 valence electrons. The summed E-state index contributed by atoms with van der Waals surface area (Å²) in [7, 11) is 1.87. The van der Waals surface area contributed by atoms with Crippen LogP contribution in [0.25, 0.3) is 22.3 Å². The summed E-state index contributed by atoms with van der Waals surface area (Å²) in [6.45, 7) is 4.00. The van der Waals surface area contributed by atoms with Crippen LogP contribution < -0.4 is 5.32 Å². The van der Waals surface area contributed by atoms with Crippen molar-refractivity contribution in [3.05, 3.63) is 48.7 Å². The number of aryl methyl sites for hydroxylation is 1. The third-order valence-electron chi connectivity index (χ3n) is 3.82. The number of aromatic carboxylic acids is 1. The van der Waals surface area contributed by atoms with Gasteiger partial charge in [0.25, 0.3) is 0 Å². The normalized spacial score (nSPS) is 10.4. The topological polar surface area (TPSA) is 129 Å². The number of hydrogen-bond donors (Lipinski definition) is 4. The number of aromatic nitrogens is 5. The summed E-state index contributed by atoms with van der Waals surface area (Å²) in [5.74, 6) is -0.833. The standard InChI is InChI=1S/C17H14N6O3.C2H6/c1-23-7-13(19-8-23)11-2-3-18-17(22-11)20-10-4-9-5-12(16(25)26)21-15(9)14(24)6-10;1-2/h2-8,21,24H,1H3,(H,25,26)(H,18,20,22);1-2H3. The predicted octanol–water partition coefficient (Wildman–Crippen LogP) is 3.53. The number of H-pyrrole nitrogens is 1. The van der Waals surface area contributed by atoms with E-state index in [-0.39, 0.29) is 11.4 Å². The van der Waals surface area contributed by atoms with Crippen LogP contribution in [-0.2, 0) is 7.05 Å². The molecule has 0 aliphatic rings. The highest BCUT2D eigenvalue weighted by molar-refractivity contribution is 5.97. The van der Waals surface area contributed by atoms with Crippen LogP contribution in [0.3, 0.4) is 0 Å². The van der Waals surface area contributed by atoms with Crippen LogP contribution in [0.2, 0.25) is 0 Å². The molecular formula is C19H20N6O3. The van der Waals surface area contributed by atoms with Gasteiger partial charge in [0.05, 0.1) is 17.5 Å². The minimum Gasteiger partial charge on any atom is -0.506 e. The molecule has 0 atom stereocenters. The largest absolute Gasteiger partial charge is 0.506 e. The molecule has 0 fully saturated rings. The van der Waals surface area contributed by atoms with Crippen LogP contribution in [0.1, 0.15) is 24.3 Å². The fourth-order valence-electron chi connectivity index (χ4n) is 2.65. The number of anilines is 2. The number of carbonyl (C=O) groups is 1. The number of imidazole rings is 1. The van der Waals surface area contributed by atoms with Crippen molar-refractivity contribution in [2.24, 2.45) is 7.05 Å². The lowest BCUT2D eigenvalue weighted by molar-refractivity contribution is 0.0691. The molecule has 0 unspecified atom stereocenters. The predicted molar refractivity (Wildman–Crippen MR) is 106 cm³/mol. The molecule has 9 nitrogen and oxygen atoms in total. The maximum atomic E-state index is 11.1. The molecular weight excluding hydrogens is 360 g/mol. The van der Waals surface area contributed by atoms with Crippen LogP contribution >= 0.6 is 0 Å². The zero-order valence-electron chi connectivity index (χ0n) is 15.6. The van der Waals surface area contributed by atoms with Crippen molar-refractivity contribution >= 4 is 28.5 Å². The molecule has 0 amide bonds. The Balaban J connectivity index is 0.00000109. The maximum absolute atomic E-state index is 11.1. The molecule has 0 radical (unpaired) electrons. The number of benzene rings is 1. The molecule has 28 heavy (non-hydrogen) atoms. The second kappa shape index (κ2) is 7.78. The second-order valence-corrected chi connectivity index (χ2v) is 5.76. The smallest absolute Gasteiger partial charge is 0.352 e. The first-order chi connectivity index (χ1) is 13.5. The molecule has 0 aliphatic carbocycles. The number of phenolic OH excluding ortho intramolecular Hbond substituents is 1. The first-order valence-electron chi connectivity index (χ1n) is 8.67. The lowest BCUT2D eigenvalue weighted by Crippen LogP contribution is -1.98. The van der Waals surface area contributed by atoms with E-state index in [1.807, 2.05) is 31.7 Å². The first-order valence-corrected chi connectivity index (χ1v) is 8.67. The van der Waals surface area contributed by atoms with Crippen molar-refractivity contribution in [3.63, 3.8) is 0 Å². The number of rotatable bonds is 4. The molecule has 9 heteroatoms. The van der Waals surface area contributed by atoms with Crippen molar-refractivity contribution in [3.8, 4) is 17.1 Å². The average Bonchev–Trinajstić information content (AvgIpc) is 3.30. The van der Waals surface area contributed by atoms with Crippen LogP contribution in [0.15, 0.2) is 43.0 Å².